The number of amides is 1. The average Bonchev–Trinajstić information content (AvgIpc) is 3.02. The number of carbonyl (C=O) groups is 2. The molecular weight excluding hydrogens is 362 g/mol. The molecule has 1 aromatic heterocycles. The molecule has 28 heavy (non-hydrogen) atoms. The van der Waals surface area contributed by atoms with Crippen LogP contribution in [-0.2, 0) is 14.3 Å². The maximum Gasteiger partial charge on any atom is 0.323 e. The fraction of sp³-hybridized carbons (Fsp3) is 0.250. The number of esters is 1. The molecule has 1 amide bonds. The van der Waals surface area contributed by atoms with Gasteiger partial charge in [-0.15, -0.1) is 0 Å². The van der Waals surface area contributed by atoms with E-state index in [0.29, 0.717) is 22.5 Å². The molecule has 3 rings (SSSR count). The van der Waals surface area contributed by atoms with Gasteiger partial charge < -0.3 is 24.8 Å². The Kier molecular flexibility index (Phi) is 5.78. The summed E-state index contributed by atoms with van der Waals surface area (Å²) in [7, 11) is 0. The summed E-state index contributed by atoms with van der Waals surface area (Å²) in [5.41, 5.74) is 2.48. The van der Waals surface area contributed by atoms with Crippen molar-refractivity contribution in [3.05, 3.63) is 58.5 Å². The lowest BCUT2D eigenvalue weighted by Crippen LogP contribution is -2.30. The zero-order valence-electron chi connectivity index (χ0n) is 15.6. The summed E-state index contributed by atoms with van der Waals surface area (Å²) in [6.45, 7) is 3.63. The number of fused-ring (bicyclic) bond motifs is 1. The number of imidazole rings is 1. The topological polar surface area (TPSA) is 113 Å². The number of benzene rings is 2. The van der Waals surface area contributed by atoms with Crippen LogP contribution in [0.25, 0.3) is 11.0 Å². The molecule has 1 atom stereocenters. The van der Waals surface area contributed by atoms with Crippen LogP contribution in [0.1, 0.15) is 18.9 Å². The molecule has 3 aromatic rings. The molecule has 8 nitrogen and oxygen atoms in total. The van der Waals surface area contributed by atoms with Crippen molar-refractivity contribution in [1.82, 2.24) is 9.97 Å². The van der Waals surface area contributed by atoms with Crippen LogP contribution < -0.4 is 15.7 Å². The predicted molar refractivity (Wildman–Crippen MR) is 104 cm³/mol. The van der Waals surface area contributed by atoms with Crippen LogP contribution in [0.5, 0.6) is 5.75 Å². The zero-order valence-corrected chi connectivity index (χ0v) is 15.6. The molecule has 8 heteroatoms. The minimum atomic E-state index is -0.965. The van der Waals surface area contributed by atoms with Gasteiger partial charge in [-0.25, -0.2) is 4.79 Å². The lowest BCUT2D eigenvalue weighted by Gasteiger charge is -2.14. The van der Waals surface area contributed by atoms with Gasteiger partial charge in [0.25, 0.3) is 5.91 Å². The molecule has 0 fully saturated rings. The first kappa shape index (κ1) is 19.2. The summed E-state index contributed by atoms with van der Waals surface area (Å²) in [5, 5.41) is 2.65. The summed E-state index contributed by atoms with van der Waals surface area (Å²) >= 11 is 0. The van der Waals surface area contributed by atoms with Crippen molar-refractivity contribution in [3.8, 4) is 5.75 Å². The van der Waals surface area contributed by atoms with Gasteiger partial charge in [-0.2, -0.15) is 0 Å². The maximum atomic E-state index is 12.2. The fourth-order valence-electron chi connectivity index (χ4n) is 2.55. The molecule has 0 unspecified atom stereocenters. The Morgan fingerprint density at radius 3 is 2.54 bits per heavy atom. The van der Waals surface area contributed by atoms with Gasteiger partial charge in [0.1, 0.15) is 5.75 Å². The first-order valence-electron chi connectivity index (χ1n) is 8.82. The third-order valence-corrected chi connectivity index (χ3v) is 4.06. The van der Waals surface area contributed by atoms with E-state index in [1.165, 1.54) is 6.92 Å². The predicted octanol–water partition coefficient (Wildman–Crippen LogP) is 2.50. The van der Waals surface area contributed by atoms with Crippen molar-refractivity contribution in [2.75, 3.05) is 11.9 Å². The molecule has 0 aliphatic rings. The van der Waals surface area contributed by atoms with Crippen molar-refractivity contribution < 1.29 is 19.1 Å². The second kappa shape index (κ2) is 8.43. The highest BCUT2D eigenvalue weighted by atomic mass is 16.5. The van der Waals surface area contributed by atoms with Crippen LogP contribution in [0.4, 0.5) is 5.69 Å². The Morgan fingerprint density at radius 2 is 1.79 bits per heavy atom. The van der Waals surface area contributed by atoms with E-state index in [1.54, 1.807) is 18.2 Å². The third kappa shape index (κ3) is 5.00. The molecule has 0 aliphatic heterocycles. The normalized spacial score (nSPS) is 11.8. The molecular formula is C20H21N3O5. The Labute approximate surface area is 160 Å². The summed E-state index contributed by atoms with van der Waals surface area (Å²) < 4.78 is 10.6. The van der Waals surface area contributed by atoms with Crippen LogP contribution in [0.15, 0.2) is 47.3 Å². The molecule has 3 N–H and O–H groups in total. The minimum Gasteiger partial charge on any atom is -0.493 e. The van der Waals surface area contributed by atoms with Crippen molar-refractivity contribution in [1.29, 1.82) is 0 Å². The number of aryl methyl sites for hydroxylation is 1. The van der Waals surface area contributed by atoms with Crippen molar-refractivity contribution >= 4 is 28.6 Å². The highest BCUT2D eigenvalue weighted by Crippen LogP contribution is 2.15. The summed E-state index contributed by atoms with van der Waals surface area (Å²) in [4.78, 5) is 40.6. The van der Waals surface area contributed by atoms with Crippen LogP contribution in [0.3, 0.4) is 0 Å². The van der Waals surface area contributed by atoms with Crippen LogP contribution in [-0.4, -0.2) is 34.6 Å². The van der Waals surface area contributed by atoms with Gasteiger partial charge >= 0.3 is 11.7 Å². The number of ether oxygens (including phenoxy) is 2. The van der Waals surface area contributed by atoms with Gasteiger partial charge in [0.15, 0.2) is 6.10 Å². The van der Waals surface area contributed by atoms with Crippen LogP contribution in [0.2, 0.25) is 0 Å². The lowest BCUT2D eigenvalue weighted by atomic mass is 10.2. The van der Waals surface area contributed by atoms with Gasteiger partial charge in [-0.3, -0.25) is 9.59 Å². The Balaban J connectivity index is 1.46. The first-order chi connectivity index (χ1) is 13.4. The van der Waals surface area contributed by atoms with E-state index >= 15 is 0 Å². The highest BCUT2D eigenvalue weighted by molar-refractivity contribution is 5.96. The molecule has 0 bridgehead atoms. The average molecular weight is 383 g/mol. The molecule has 1 heterocycles. The number of H-pyrrole nitrogens is 2. The van der Waals surface area contributed by atoms with E-state index in [2.05, 4.69) is 15.3 Å². The molecule has 0 saturated heterocycles. The number of hydrogen-bond donors (Lipinski definition) is 3. The van der Waals surface area contributed by atoms with Crippen molar-refractivity contribution in [3.63, 3.8) is 0 Å². The second-order valence-corrected chi connectivity index (χ2v) is 6.37. The zero-order chi connectivity index (χ0) is 20.1. The standard InChI is InChI=1S/C20H21N3O5/c1-12-3-6-15(7-4-12)27-10-9-18(24)28-13(2)19(25)21-14-5-8-16-17(11-14)23-20(26)22-16/h3-8,11,13H,9-10H2,1-2H3,(H,21,25)(H2,22,23,26)/t13-/m1/s1. The number of hydrogen-bond acceptors (Lipinski definition) is 5. The van der Waals surface area contributed by atoms with Crippen LogP contribution >= 0.6 is 0 Å². The van der Waals surface area contributed by atoms with E-state index in [0.717, 1.165) is 5.56 Å². The minimum absolute atomic E-state index is 0.0298. The molecule has 0 spiro atoms. The molecule has 2 aromatic carbocycles. The van der Waals surface area contributed by atoms with E-state index in [-0.39, 0.29) is 18.7 Å². The second-order valence-electron chi connectivity index (χ2n) is 6.37. The molecule has 0 saturated carbocycles. The molecule has 146 valence electrons. The molecule has 0 aliphatic carbocycles. The lowest BCUT2D eigenvalue weighted by molar-refractivity contribution is -0.153. The van der Waals surface area contributed by atoms with E-state index in [1.807, 2.05) is 31.2 Å². The van der Waals surface area contributed by atoms with E-state index in [4.69, 9.17) is 9.47 Å². The number of rotatable bonds is 7. The van der Waals surface area contributed by atoms with Gasteiger partial charge in [0.05, 0.1) is 24.1 Å². The van der Waals surface area contributed by atoms with E-state index in [9.17, 15) is 14.4 Å². The number of nitrogens with one attached hydrogen (secondary N) is 3. The number of anilines is 1. The van der Waals surface area contributed by atoms with Gasteiger partial charge in [0.2, 0.25) is 0 Å². The van der Waals surface area contributed by atoms with Gasteiger partial charge in [-0.05, 0) is 44.2 Å². The van der Waals surface area contributed by atoms with Crippen LogP contribution in [0, 0.1) is 6.92 Å². The highest BCUT2D eigenvalue weighted by Gasteiger charge is 2.18. The van der Waals surface area contributed by atoms with E-state index < -0.39 is 18.0 Å². The SMILES string of the molecule is Cc1ccc(OCCC(=O)O[C@H](C)C(=O)Nc2ccc3[nH]c(=O)[nH]c3c2)cc1. The fourth-order valence-corrected chi connectivity index (χ4v) is 2.55. The number of carbonyl (C=O) groups excluding carboxylic acids is 2. The van der Waals surface area contributed by atoms with Crippen molar-refractivity contribution in [2.24, 2.45) is 0 Å². The Morgan fingerprint density at radius 1 is 1.07 bits per heavy atom. The van der Waals surface area contributed by atoms with Gasteiger partial charge in [-0.1, -0.05) is 17.7 Å². The Bertz CT molecular complexity index is 1040. The maximum absolute atomic E-state index is 12.2. The molecule has 0 radical (unpaired) electrons. The number of aromatic amines is 2. The largest absolute Gasteiger partial charge is 0.493 e. The van der Waals surface area contributed by atoms with Crippen molar-refractivity contribution in [2.45, 2.75) is 26.4 Å². The smallest absolute Gasteiger partial charge is 0.323 e. The summed E-state index contributed by atoms with van der Waals surface area (Å²) in [5.74, 6) is -0.326. The van der Waals surface area contributed by atoms with Gasteiger partial charge in [0, 0.05) is 5.69 Å². The quantitative estimate of drug-likeness (QED) is 0.543. The monoisotopic (exact) mass is 383 g/mol. The summed E-state index contributed by atoms with van der Waals surface area (Å²) in [6, 6.07) is 12.4. The number of aromatic nitrogens is 2. The Hall–Kier alpha value is -3.55. The first-order valence-corrected chi connectivity index (χ1v) is 8.82. The summed E-state index contributed by atoms with van der Waals surface area (Å²) in [6.07, 6.45) is -0.935. The third-order valence-electron chi connectivity index (χ3n) is 4.06.